The van der Waals surface area contributed by atoms with Gasteiger partial charge >= 0.3 is 0 Å². The lowest BCUT2D eigenvalue weighted by molar-refractivity contribution is 0.0556. The van der Waals surface area contributed by atoms with E-state index >= 15 is 0 Å². The third-order valence-corrected chi connectivity index (χ3v) is 8.38. The number of hydrogen-bond acceptors (Lipinski definition) is 10. The monoisotopic (exact) mass is 507 g/mol. The summed E-state index contributed by atoms with van der Waals surface area (Å²) in [5.74, 6) is 0.135. The van der Waals surface area contributed by atoms with Crippen LogP contribution in [0.15, 0.2) is 18.7 Å². The minimum Gasteiger partial charge on any atom is -0.386 e. The Bertz CT molecular complexity index is 1460. The maximum Gasteiger partial charge on any atom is 0.292 e. The number of ketones is 1. The van der Waals surface area contributed by atoms with Crippen LogP contribution in [-0.2, 0) is 0 Å². The molecule has 0 aromatic carbocycles. The summed E-state index contributed by atoms with van der Waals surface area (Å²) in [6.45, 7) is 3.16. The number of piperidine rings is 1. The highest BCUT2D eigenvalue weighted by molar-refractivity contribution is 7.15. The van der Waals surface area contributed by atoms with Gasteiger partial charge in [0.05, 0.1) is 27.9 Å². The first-order chi connectivity index (χ1) is 17.3. The second-order valence-corrected chi connectivity index (χ2v) is 10.5. The molecule has 4 aromatic rings. The number of H-pyrrole nitrogens is 1. The minimum absolute atomic E-state index is 0.0184. The number of amides is 1. The smallest absolute Gasteiger partial charge is 0.292 e. The molecular weight excluding hydrogens is 482 g/mol. The van der Waals surface area contributed by atoms with Crippen molar-refractivity contribution in [2.45, 2.75) is 63.6 Å². The third-order valence-electron chi connectivity index (χ3n) is 7.18. The van der Waals surface area contributed by atoms with E-state index in [9.17, 15) is 14.7 Å². The van der Waals surface area contributed by atoms with E-state index in [1.807, 2.05) is 4.90 Å². The molecule has 0 aliphatic carbocycles. The molecule has 4 N–H and O–H groups in total. The van der Waals surface area contributed by atoms with Crippen molar-refractivity contribution in [1.29, 1.82) is 0 Å². The highest BCUT2D eigenvalue weighted by Gasteiger charge is 2.45. The number of nitrogen functional groups attached to an aromatic ring is 1. The van der Waals surface area contributed by atoms with Crippen LogP contribution < -0.4 is 5.73 Å². The normalized spacial score (nSPS) is 22.3. The topological polar surface area (TPSA) is 168 Å². The van der Waals surface area contributed by atoms with Crippen molar-refractivity contribution in [1.82, 2.24) is 39.7 Å². The minimum atomic E-state index is -0.677. The first-order valence-corrected chi connectivity index (χ1v) is 12.7. The molecule has 0 spiro atoms. The number of carbonyl (C=O) groups is 2. The molecule has 13 heteroatoms. The number of fused-ring (bicyclic) bond motifs is 3. The molecule has 12 nitrogen and oxygen atoms in total. The first kappa shape index (κ1) is 22.7. The van der Waals surface area contributed by atoms with Gasteiger partial charge in [-0.05, 0) is 39.5 Å². The molecule has 6 heterocycles. The maximum atomic E-state index is 13.1. The summed E-state index contributed by atoms with van der Waals surface area (Å²) in [5, 5.41) is 22.5. The number of nitrogens with zero attached hydrogens (tertiary/aromatic N) is 7. The lowest BCUT2D eigenvalue weighted by Gasteiger charge is -2.38. The van der Waals surface area contributed by atoms with Crippen LogP contribution in [-0.4, -0.2) is 68.5 Å². The second-order valence-electron chi connectivity index (χ2n) is 9.45. The predicted molar refractivity (Wildman–Crippen MR) is 130 cm³/mol. The van der Waals surface area contributed by atoms with Gasteiger partial charge in [0, 0.05) is 24.2 Å². The fraction of sp³-hybridized carbons (Fsp3) is 0.435. The average Bonchev–Trinajstić information content (AvgIpc) is 3.64. The number of thiazole rings is 1. The number of carbonyl (C=O) groups excluding carboxylic acids is 2. The standard InChI is InChI=1S/C23H25N9O3S/c1-10(33)17-18(12-5-13-3-4-14(6-12)31(13)23(35)20-26-9-27-30-20)29-21-15(7-28-32(21)19(17)24)16-8-25-22(36-16)11(2)34/h7-9,11-14,34H,3-6,24H2,1-2H3,(H,26,27,30)/t11?,12-,13-,14+. The number of nitrogens with two attached hydrogens (primary N) is 1. The Balaban J connectivity index is 1.40. The molecular formula is C23H25N9O3S. The molecule has 2 bridgehead atoms. The van der Waals surface area contributed by atoms with Gasteiger partial charge in [-0.3, -0.25) is 9.59 Å². The summed E-state index contributed by atoms with van der Waals surface area (Å²) < 4.78 is 1.49. The van der Waals surface area contributed by atoms with Crippen LogP contribution >= 0.6 is 11.3 Å². The van der Waals surface area contributed by atoms with Crippen LogP contribution in [0, 0.1) is 0 Å². The molecule has 1 unspecified atom stereocenters. The van der Waals surface area contributed by atoms with E-state index < -0.39 is 6.10 Å². The molecule has 0 saturated carbocycles. The number of Topliss-reactive ketones (excluding diaryl/α,β-unsaturated/α-hetero) is 1. The maximum absolute atomic E-state index is 13.1. The summed E-state index contributed by atoms with van der Waals surface area (Å²) in [7, 11) is 0. The number of aromatic nitrogens is 7. The summed E-state index contributed by atoms with van der Waals surface area (Å²) in [5.41, 5.74) is 8.81. The van der Waals surface area contributed by atoms with Gasteiger partial charge in [-0.1, -0.05) is 0 Å². The molecule has 4 aromatic heterocycles. The lowest BCUT2D eigenvalue weighted by Crippen LogP contribution is -2.46. The van der Waals surface area contributed by atoms with Gasteiger partial charge in [0.2, 0.25) is 5.82 Å². The van der Waals surface area contributed by atoms with E-state index in [1.165, 1.54) is 29.1 Å². The fourth-order valence-corrected chi connectivity index (χ4v) is 6.49. The number of nitrogens with one attached hydrogen (secondary N) is 1. The van der Waals surface area contributed by atoms with Gasteiger partial charge in [-0.25, -0.2) is 9.97 Å². The van der Waals surface area contributed by atoms with Crippen molar-refractivity contribution in [2.75, 3.05) is 5.73 Å². The van der Waals surface area contributed by atoms with Crippen molar-refractivity contribution in [2.24, 2.45) is 0 Å². The summed E-state index contributed by atoms with van der Waals surface area (Å²) in [6.07, 6.45) is 7.19. The van der Waals surface area contributed by atoms with E-state index in [2.05, 4.69) is 25.3 Å². The number of anilines is 1. The molecule has 186 valence electrons. The molecule has 2 saturated heterocycles. The summed E-state index contributed by atoms with van der Waals surface area (Å²) in [6, 6.07) is 0.0368. The Kier molecular flexibility index (Phi) is 5.34. The summed E-state index contributed by atoms with van der Waals surface area (Å²) >= 11 is 1.36. The fourth-order valence-electron chi connectivity index (χ4n) is 5.63. The van der Waals surface area contributed by atoms with E-state index in [4.69, 9.17) is 10.7 Å². The van der Waals surface area contributed by atoms with Crippen molar-refractivity contribution < 1.29 is 14.7 Å². The molecule has 2 aliphatic heterocycles. The number of aliphatic hydroxyl groups is 1. The number of aliphatic hydroxyl groups excluding tert-OH is 1. The summed E-state index contributed by atoms with van der Waals surface area (Å²) in [4.78, 5) is 40.6. The van der Waals surface area contributed by atoms with E-state index in [1.54, 1.807) is 19.3 Å². The Hall–Kier alpha value is -3.71. The predicted octanol–water partition coefficient (Wildman–Crippen LogP) is 2.36. The zero-order valence-electron chi connectivity index (χ0n) is 19.7. The number of aromatic amines is 1. The Morgan fingerprint density at radius 2 is 2.00 bits per heavy atom. The number of hydrogen-bond donors (Lipinski definition) is 3. The van der Waals surface area contributed by atoms with Crippen LogP contribution in [0.4, 0.5) is 5.82 Å². The zero-order valence-corrected chi connectivity index (χ0v) is 20.6. The van der Waals surface area contributed by atoms with Gasteiger partial charge in [-0.2, -0.15) is 9.61 Å². The second kappa shape index (κ2) is 8.45. The largest absolute Gasteiger partial charge is 0.386 e. The number of rotatable bonds is 5. The van der Waals surface area contributed by atoms with Crippen LogP contribution in [0.5, 0.6) is 0 Å². The third kappa shape index (κ3) is 3.49. The average molecular weight is 508 g/mol. The Morgan fingerprint density at radius 3 is 2.61 bits per heavy atom. The van der Waals surface area contributed by atoms with Gasteiger partial charge in [0.1, 0.15) is 23.3 Å². The molecule has 2 fully saturated rings. The molecule has 6 rings (SSSR count). The lowest BCUT2D eigenvalue weighted by atomic mass is 9.85. The van der Waals surface area contributed by atoms with Gasteiger partial charge < -0.3 is 20.7 Å². The van der Waals surface area contributed by atoms with Crippen LogP contribution in [0.25, 0.3) is 16.1 Å². The van der Waals surface area contributed by atoms with E-state index in [-0.39, 0.29) is 41.3 Å². The highest BCUT2D eigenvalue weighted by Crippen LogP contribution is 2.45. The van der Waals surface area contributed by atoms with Crippen LogP contribution in [0.2, 0.25) is 0 Å². The van der Waals surface area contributed by atoms with Crippen molar-refractivity contribution >= 4 is 34.5 Å². The zero-order chi connectivity index (χ0) is 25.1. The Labute approximate surface area is 209 Å². The highest BCUT2D eigenvalue weighted by atomic mass is 32.1. The van der Waals surface area contributed by atoms with Crippen molar-refractivity contribution in [3.63, 3.8) is 0 Å². The van der Waals surface area contributed by atoms with Gasteiger partial charge in [0.15, 0.2) is 11.4 Å². The first-order valence-electron chi connectivity index (χ1n) is 11.8. The molecule has 4 atom stereocenters. The molecule has 2 aliphatic rings. The Morgan fingerprint density at radius 1 is 1.25 bits per heavy atom. The van der Waals surface area contributed by atoms with Gasteiger partial charge in [0.25, 0.3) is 5.91 Å². The van der Waals surface area contributed by atoms with Crippen LogP contribution in [0.1, 0.15) is 83.2 Å². The quantitative estimate of drug-likeness (QED) is 0.343. The molecule has 0 radical (unpaired) electrons. The molecule has 1 amide bonds. The van der Waals surface area contributed by atoms with Gasteiger partial charge in [-0.15, -0.1) is 21.5 Å². The van der Waals surface area contributed by atoms with Crippen LogP contribution in [0.3, 0.4) is 0 Å². The van der Waals surface area contributed by atoms with Crippen molar-refractivity contribution in [3.05, 3.63) is 40.8 Å². The van der Waals surface area contributed by atoms with Crippen molar-refractivity contribution in [3.8, 4) is 10.4 Å². The van der Waals surface area contributed by atoms with E-state index in [0.717, 1.165) is 23.3 Å². The molecule has 36 heavy (non-hydrogen) atoms. The van der Waals surface area contributed by atoms with E-state index in [0.29, 0.717) is 34.8 Å². The SMILES string of the molecule is CC(=O)c1c([C@@H]2C[C@H]3CC[C@@H](C2)N3C(=O)c2nnc[nH]2)nc2c(-c3cnc(C(C)O)s3)cnn2c1N.